The fourth-order valence-corrected chi connectivity index (χ4v) is 2.03. The van der Waals surface area contributed by atoms with Crippen LogP contribution >= 0.6 is 0 Å². The van der Waals surface area contributed by atoms with Crippen LogP contribution in [0.25, 0.3) is 0 Å². The van der Waals surface area contributed by atoms with Crippen LogP contribution in [0.3, 0.4) is 0 Å². The third kappa shape index (κ3) is 2.79. The summed E-state index contributed by atoms with van der Waals surface area (Å²) < 4.78 is 66.8. The molecule has 0 saturated carbocycles. The molecule has 116 valence electrons. The molecule has 0 aliphatic carbocycles. The smallest absolute Gasteiger partial charge is 0.264 e. The zero-order chi connectivity index (χ0) is 16.7. The summed E-state index contributed by atoms with van der Waals surface area (Å²) in [7, 11) is 0. The summed E-state index contributed by atoms with van der Waals surface area (Å²) in [4.78, 5) is 0. The van der Waals surface area contributed by atoms with Gasteiger partial charge in [-0.15, -0.1) is 0 Å². The Kier molecular flexibility index (Phi) is 3.92. The third-order valence-corrected chi connectivity index (χ3v) is 3.35. The van der Waals surface area contributed by atoms with Gasteiger partial charge in [-0.25, -0.2) is 8.78 Å². The number of nitriles is 1. The summed E-state index contributed by atoms with van der Waals surface area (Å²) in [5, 5.41) is 12.0. The second-order valence-electron chi connectivity index (χ2n) is 4.74. The molecule has 2 aromatic rings. The number of halogens is 5. The van der Waals surface area contributed by atoms with Gasteiger partial charge in [0.2, 0.25) is 0 Å². The van der Waals surface area contributed by atoms with Crippen molar-refractivity contribution in [2.75, 3.05) is 0 Å². The lowest BCUT2D eigenvalue weighted by Gasteiger charge is -2.08. The third-order valence-electron chi connectivity index (χ3n) is 3.35. The van der Waals surface area contributed by atoms with Crippen LogP contribution in [0, 0.1) is 36.8 Å². The summed E-state index contributed by atoms with van der Waals surface area (Å²) >= 11 is 0. The molecule has 0 unspecified atom stereocenters. The van der Waals surface area contributed by atoms with E-state index in [1.54, 1.807) is 6.07 Å². The summed E-state index contributed by atoms with van der Waals surface area (Å²) in [6.07, 6.45) is -4.64. The van der Waals surface area contributed by atoms with Crippen molar-refractivity contribution in [2.24, 2.45) is 0 Å². The van der Waals surface area contributed by atoms with E-state index >= 15 is 0 Å². The monoisotopic (exact) mass is 315 g/mol. The Morgan fingerprint density at radius 1 is 1.18 bits per heavy atom. The molecule has 0 saturated heterocycles. The van der Waals surface area contributed by atoms with E-state index in [1.165, 1.54) is 13.8 Å². The topological polar surface area (TPSA) is 41.6 Å². The van der Waals surface area contributed by atoms with Crippen LogP contribution in [-0.4, -0.2) is 9.78 Å². The first kappa shape index (κ1) is 15.9. The number of hydrogen-bond acceptors (Lipinski definition) is 2. The van der Waals surface area contributed by atoms with E-state index < -0.39 is 35.6 Å². The highest BCUT2D eigenvalue weighted by Gasteiger charge is 2.37. The minimum absolute atomic E-state index is 0.0954. The summed E-state index contributed by atoms with van der Waals surface area (Å²) in [5.74, 6) is -2.00. The molecule has 0 spiro atoms. The number of aromatic nitrogens is 2. The first-order valence-corrected chi connectivity index (χ1v) is 6.14. The van der Waals surface area contributed by atoms with Gasteiger partial charge >= 0.3 is 6.18 Å². The Balaban J connectivity index is 2.47. The Bertz CT molecular complexity index is 745. The largest absolute Gasteiger partial charge is 0.435 e. The SMILES string of the molecule is Cc1c(C(F)(F)F)nn(Cc2c(F)cc(C#N)cc2F)c1C. The van der Waals surface area contributed by atoms with Crippen LogP contribution in [0.4, 0.5) is 22.0 Å². The Labute approximate surface area is 122 Å². The summed E-state index contributed by atoms with van der Waals surface area (Å²) in [6, 6.07) is 3.25. The molecular weight excluding hydrogens is 305 g/mol. The maximum absolute atomic E-state index is 13.8. The standard InChI is InChI=1S/C14H10F5N3/c1-7-8(2)22(21-13(7)14(17,18)19)6-10-11(15)3-9(5-20)4-12(10)16/h3-4H,6H2,1-2H3. The number of rotatable bonds is 2. The average Bonchev–Trinajstić information content (AvgIpc) is 2.70. The lowest BCUT2D eigenvalue weighted by atomic mass is 10.1. The molecule has 0 radical (unpaired) electrons. The Morgan fingerprint density at radius 3 is 2.14 bits per heavy atom. The van der Waals surface area contributed by atoms with E-state index in [1.807, 2.05) is 0 Å². The molecule has 0 atom stereocenters. The minimum Gasteiger partial charge on any atom is -0.264 e. The number of nitrogens with zero attached hydrogens (tertiary/aromatic N) is 3. The maximum atomic E-state index is 13.8. The van der Waals surface area contributed by atoms with Crippen molar-refractivity contribution in [2.45, 2.75) is 26.6 Å². The van der Waals surface area contributed by atoms with Gasteiger partial charge in [0.1, 0.15) is 11.6 Å². The van der Waals surface area contributed by atoms with E-state index in [4.69, 9.17) is 5.26 Å². The van der Waals surface area contributed by atoms with Gasteiger partial charge in [0.05, 0.1) is 18.2 Å². The highest BCUT2D eigenvalue weighted by molar-refractivity contribution is 5.35. The van der Waals surface area contributed by atoms with Crippen LogP contribution in [-0.2, 0) is 12.7 Å². The lowest BCUT2D eigenvalue weighted by Crippen LogP contribution is -2.11. The number of alkyl halides is 3. The van der Waals surface area contributed by atoms with Crippen molar-refractivity contribution < 1.29 is 22.0 Å². The second kappa shape index (κ2) is 5.40. The van der Waals surface area contributed by atoms with Gasteiger partial charge in [0, 0.05) is 16.8 Å². The molecule has 3 nitrogen and oxygen atoms in total. The summed E-state index contributed by atoms with van der Waals surface area (Å²) in [6.45, 7) is 2.14. The van der Waals surface area contributed by atoms with E-state index in [0.29, 0.717) is 0 Å². The minimum atomic E-state index is -4.64. The molecule has 1 heterocycles. The highest BCUT2D eigenvalue weighted by atomic mass is 19.4. The van der Waals surface area contributed by atoms with Crippen molar-refractivity contribution in [3.63, 3.8) is 0 Å². The molecule has 1 aromatic carbocycles. The Hall–Kier alpha value is -2.43. The predicted octanol–water partition coefficient (Wildman–Crippen LogP) is 3.72. The zero-order valence-corrected chi connectivity index (χ0v) is 11.6. The first-order chi connectivity index (χ1) is 10.1. The van der Waals surface area contributed by atoms with E-state index in [0.717, 1.165) is 16.8 Å². The van der Waals surface area contributed by atoms with Gasteiger partial charge in [0.25, 0.3) is 0 Å². The van der Waals surface area contributed by atoms with Gasteiger partial charge in [0.15, 0.2) is 5.69 Å². The van der Waals surface area contributed by atoms with E-state index in [2.05, 4.69) is 5.10 Å². The van der Waals surface area contributed by atoms with Crippen molar-refractivity contribution in [1.29, 1.82) is 5.26 Å². The quantitative estimate of drug-likeness (QED) is 0.793. The highest BCUT2D eigenvalue weighted by Crippen LogP contribution is 2.32. The fraction of sp³-hybridized carbons (Fsp3) is 0.286. The van der Waals surface area contributed by atoms with Crippen molar-refractivity contribution in [3.8, 4) is 6.07 Å². The van der Waals surface area contributed by atoms with Crippen molar-refractivity contribution >= 4 is 0 Å². The van der Waals surface area contributed by atoms with Crippen molar-refractivity contribution in [3.05, 3.63) is 51.8 Å². The van der Waals surface area contributed by atoms with Crippen LogP contribution in [0.5, 0.6) is 0 Å². The molecule has 2 rings (SSSR count). The normalized spacial score (nSPS) is 11.5. The molecular formula is C14H10F5N3. The van der Waals surface area contributed by atoms with Gasteiger partial charge in [-0.05, 0) is 26.0 Å². The lowest BCUT2D eigenvalue weighted by molar-refractivity contribution is -0.141. The molecule has 0 amide bonds. The second-order valence-corrected chi connectivity index (χ2v) is 4.74. The molecule has 0 aliphatic heterocycles. The van der Waals surface area contributed by atoms with Gasteiger partial charge in [-0.2, -0.15) is 23.5 Å². The molecule has 22 heavy (non-hydrogen) atoms. The van der Waals surface area contributed by atoms with Gasteiger partial charge in [-0.3, -0.25) is 4.68 Å². The van der Waals surface area contributed by atoms with Crippen LogP contribution in [0.1, 0.15) is 28.1 Å². The van der Waals surface area contributed by atoms with Gasteiger partial charge < -0.3 is 0 Å². The van der Waals surface area contributed by atoms with Crippen LogP contribution in [0.2, 0.25) is 0 Å². The average molecular weight is 315 g/mol. The number of benzene rings is 1. The molecule has 0 N–H and O–H groups in total. The first-order valence-electron chi connectivity index (χ1n) is 6.14. The van der Waals surface area contributed by atoms with Gasteiger partial charge in [-0.1, -0.05) is 0 Å². The van der Waals surface area contributed by atoms with E-state index in [9.17, 15) is 22.0 Å². The predicted molar refractivity (Wildman–Crippen MR) is 66.9 cm³/mol. The molecule has 8 heteroatoms. The van der Waals surface area contributed by atoms with Crippen molar-refractivity contribution in [1.82, 2.24) is 9.78 Å². The maximum Gasteiger partial charge on any atom is 0.435 e. The summed E-state index contributed by atoms with van der Waals surface area (Å²) in [5.41, 5.74) is -1.67. The molecule has 0 aliphatic rings. The Morgan fingerprint density at radius 2 is 1.73 bits per heavy atom. The van der Waals surface area contributed by atoms with Crippen LogP contribution < -0.4 is 0 Å². The number of hydrogen-bond donors (Lipinski definition) is 0. The zero-order valence-electron chi connectivity index (χ0n) is 11.6. The van der Waals surface area contributed by atoms with Crippen LogP contribution in [0.15, 0.2) is 12.1 Å². The van der Waals surface area contributed by atoms with E-state index in [-0.39, 0.29) is 16.8 Å². The molecule has 0 fully saturated rings. The molecule has 1 aromatic heterocycles. The fourth-order valence-electron chi connectivity index (χ4n) is 2.03. The molecule has 0 bridgehead atoms.